The molecule has 4 nitrogen and oxygen atoms in total. The van der Waals surface area contributed by atoms with E-state index in [1.807, 2.05) is 0 Å². The maximum Gasteiger partial charge on any atom is 0.326 e. The first-order chi connectivity index (χ1) is 4.61. The molecule has 1 amide bonds. The highest BCUT2D eigenvalue weighted by atomic mass is 16.4. The third kappa shape index (κ3) is 1.10. The van der Waals surface area contributed by atoms with E-state index in [-0.39, 0.29) is 11.8 Å². The van der Waals surface area contributed by atoms with Crippen LogP contribution in [0.4, 0.5) is 0 Å². The average Bonchev–Trinajstić information content (AvgIpc) is 2.13. The lowest BCUT2D eigenvalue weighted by Gasteiger charge is -1.99. The van der Waals surface area contributed by atoms with Crippen molar-refractivity contribution in [3.63, 3.8) is 0 Å². The van der Waals surface area contributed by atoms with Gasteiger partial charge in [-0.25, -0.2) is 4.79 Å². The van der Waals surface area contributed by atoms with E-state index in [9.17, 15) is 9.59 Å². The molecule has 4 heteroatoms. The average molecular weight is 143 g/mol. The predicted octanol–water partition coefficient (Wildman–Crippen LogP) is -0.404. The van der Waals surface area contributed by atoms with Crippen molar-refractivity contribution in [2.24, 2.45) is 5.92 Å². The highest BCUT2D eigenvalue weighted by molar-refractivity contribution is 5.88. The van der Waals surface area contributed by atoms with Crippen LogP contribution in [0, 0.1) is 5.92 Å². The summed E-state index contributed by atoms with van der Waals surface area (Å²) in [5.41, 5.74) is 0. The summed E-state index contributed by atoms with van der Waals surface area (Å²) in [6.45, 7) is 1.72. The van der Waals surface area contributed by atoms with Crippen molar-refractivity contribution >= 4 is 11.9 Å². The first-order valence-corrected chi connectivity index (χ1v) is 3.14. The number of rotatable bonds is 1. The molecule has 1 heterocycles. The van der Waals surface area contributed by atoms with Gasteiger partial charge in [0.2, 0.25) is 5.91 Å². The molecule has 1 fully saturated rings. The zero-order valence-electron chi connectivity index (χ0n) is 5.63. The van der Waals surface area contributed by atoms with Crippen molar-refractivity contribution in [2.75, 3.05) is 0 Å². The van der Waals surface area contributed by atoms with E-state index in [4.69, 9.17) is 5.11 Å². The second-order valence-corrected chi connectivity index (χ2v) is 2.54. The first-order valence-electron chi connectivity index (χ1n) is 3.14. The normalized spacial score (nSPS) is 31.9. The quantitative estimate of drug-likeness (QED) is 0.524. The summed E-state index contributed by atoms with van der Waals surface area (Å²) in [4.78, 5) is 21.0. The number of carboxylic acids is 1. The van der Waals surface area contributed by atoms with E-state index in [1.165, 1.54) is 0 Å². The van der Waals surface area contributed by atoms with Crippen LogP contribution in [-0.4, -0.2) is 23.0 Å². The van der Waals surface area contributed by atoms with Crippen molar-refractivity contribution in [3.05, 3.63) is 0 Å². The van der Waals surface area contributed by atoms with Gasteiger partial charge in [-0.3, -0.25) is 4.79 Å². The fourth-order valence-corrected chi connectivity index (χ4v) is 0.996. The van der Waals surface area contributed by atoms with Crippen LogP contribution >= 0.6 is 0 Å². The van der Waals surface area contributed by atoms with Gasteiger partial charge in [-0.15, -0.1) is 0 Å². The van der Waals surface area contributed by atoms with Crippen LogP contribution < -0.4 is 5.32 Å². The number of carboxylic acid groups (broad SMARTS) is 1. The molecule has 0 spiro atoms. The SMILES string of the molecule is CC1C[C@@H](C(=O)O)NC1=O. The third-order valence-electron chi connectivity index (χ3n) is 1.65. The number of carbonyl (C=O) groups is 2. The lowest BCUT2D eigenvalue weighted by atomic mass is 10.1. The molecule has 2 N–H and O–H groups in total. The standard InChI is InChI=1S/C6H9NO3/c1-3-2-4(6(9)10)7-5(3)8/h3-4H,2H2,1H3,(H,7,8)(H,9,10)/t3?,4-/m0/s1. The van der Waals surface area contributed by atoms with Gasteiger partial charge >= 0.3 is 5.97 Å². The Morgan fingerprint density at radius 2 is 2.40 bits per heavy atom. The molecule has 0 bridgehead atoms. The van der Waals surface area contributed by atoms with Crippen LogP contribution in [0.15, 0.2) is 0 Å². The summed E-state index contributed by atoms with van der Waals surface area (Å²) < 4.78 is 0. The van der Waals surface area contributed by atoms with Crippen molar-refractivity contribution in [2.45, 2.75) is 19.4 Å². The van der Waals surface area contributed by atoms with Crippen molar-refractivity contribution < 1.29 is 14.7 Å². The molecular formula is C6H9NO3. The fraction of sp³-hybridized carbons (Fsp3) is 0.667. The van der Waals surface area contributed by atoms with Gasteiger partial charge in [0.05, 0.1) is 0 Å². The predicted molar refractivity (Wildman–Crippen MR) is 33.3 cm³/mol. The van der Waals surface area contributed by atoms with E-state index in [0.717, 1.165) is 0 Å². The topological polar surface area (TPSA) is 66.4 Å². The summed E-state index contributed by atoms with van der Waals surface area (Å²) in [5, 5.41) is 10.8. The lowest BCUT2D eigenvalue weighted by molar-refractivity contribution is -0.140. The largest absolute Gasteiger partial charge is 0.480 e. The number of carbonyl (C=O) groups excluding carboxylic acids is 1. The molecule has 0 aliphatic carbocycles. The Morgan fingerprint density at radius 3 is 2.60 bits per heavy atom. The van der Waals surface area contributed by atoms with Crippen LogP contribution in [0.5, 0.6) is 0 Å². The minimum atomic E-state index is -0.947. The summed E-state index contributed by atoms with van der Waals surface area (Å²) in [6.07, 6.45) is 0.411. The van der Waals surface area contributed by atoms with Gasteiger partial charge in [-0.05, 0) is 6.42 Å². The van der Waals surface area contributed by atoms with Crippen molar-refractivity contribution in [3.8, 4) is 0 Å². The minimum Gasteiger partial charge on any atom is -0.480 e. The Balaban J connectivity index is 2.57. The first kappa shape index (κ1) is 7.05. The summed E-state index contributed by atoms with van der Waals surface area (Å²) >= 11 is 0. The summed E-state index contributed by atoms with van der Waals surface area (Å²) in [5.74, 6) is -1.26. The molecule has 0 saturated carbocycles. The Labute approximate surface area is 58.2 Å². The van der Waals surface area contributed by atoms with Gasteiger partial charge in [-0.2, -0.15) is 0 Å². The van der Waals surface area contributed by atoms with Crippen LogP contribution in [0.2, 0.25) is 0 Å². The molecule has 0 radical (unpaired) electrons. The number of amides is 1. The maximum absolute atomic E-state index is 10.7. The zero-order valence-corrected chi connectivity index (χ0v) is 5.63. The Morgan fingerprint density at radius 1 is 1.80 bits per heavy atom. The van der Waals surface area contributed by atoms with Crippen molar-refractivity contribution in [1.29, 1.82) is 0 Å². The van der Waals surface area contributed by atoms with E-state index in [1.54, 1.807) is 6.92 Å². The minimum absolute atomic E-state index is 0.152. The zero-order chi connectivity index (χ0) is 7.72. The van der Waals surface area contributed by atoms with E-state index in [0.29, 0.717) is 6.42 Å². The lowest BCUT2D eigenvalue weighted by Crippen LogP contribution is -2.32. The molecule has 1 unspecified atom stereocenters. The van der Waals surface area contributed by atoms with E-state index < -0.39 is 12.0 Å². The number of nitrogens with one attached hydrogen (secondary N) is 1. The molecule has 0 aromatic carbocycles. The highest BCUT2D eigenvalue weighted by Crippen LogP contribution is 2.13. The van der Waals surface area contributed by atoms with Gasteiger partial charge in [0.25, 0.3) is 0 Å². The molecule has 0 aromatic heterocycles. The van der Waals surface area contributed by atoms with Gasteiger partial charge < -0.3 is 10.4 Å². The molecule has 56 valence electrons. The maximum atomic E-state index is 10.7. The van der Waals surface area contributed by atoms with Crippen LogP contribution in [0.3, 0.4) is 0 Å². The molecule has 1 aliphatic heterocycles. The van der Waals surface area contributed by atoms with Gasteiger partial charge in [0.1, 0.15) is 6.04 Å². The molecule has 10 heavy (non-hydrogen) atoms. The smallest absolute Gasteiger partial charge is 0.326 e. The number of aliphatic carboxylic acids is 1. The van der Waals surface area contributed by atoms with Crippen LogP contribution in [0.1, 0.15) is 13.3 Å². The molecule has 1 aliphatic rings. The number of hydrogen-bond donors (Lipinski definition) is 2. The summed E-state index contributed by atoms with van der Waals surface area (Å²) in [6, 6.07) is -0.664. The monoisotopic (exact) mass is 143 g/mol. The van der Waals surface area contributed by atoms with Crippen LogP contribution in [-0.2, 0) is 9.59 Å². The third-order valence-corrected chi connectivity index (χ3v) is 1.65. The molecule has 1 rings (SSSR count). The van der Waals surface area contributed by atoms with Crippen molar-refractivity contribution in [1.82, 2.24) is 5.32 Å². The van der Waals surface area contributed by atoms with Crippen LogP contribution in [0.25, 0.3) is 0 Å². The molecule has 2 atom stereocenters. The second kappa shape index (κ2) is 2.28. The Hall–Kier alpha value is -1.06. The fourth-order valence-electron chi connectivity index (χ4n) is 0.996. The van der Waals surface area contributed by atoms with E-state index in [2.05, 4.69) is 5.32 Å². The second-order valence-electron chi connectivity index (χ2n) is 2.54. The number of hydrogen-bond acceptors (Lipinski definition) is 2. The van der Waals surface area contributed by atoms with Gasteiger partial charge in [0, 0.05) is 5.92 Å². The molecule has 1 saturated heterocycles. The summed E-state index contributed by atoms with van der Waals surface area (Å²) in [7, 11) is 0. The Bertz CT molecular complexity index is 178. The molecular weight excluding hydrogens is 134 g/mol. The molecule has 0 aromatic rings. The Kier molecular flexibility index (Phi) is 1.61. The highest BCUT2D eigenvalue weighted by Gasteiger charge is 2.32. The van der Waals surface area contributed by atoms with E-state index >= 15 is 0 Å². The van der Waals surface area contributed by atoms with Gasteiger partial charge in [0.15, 0.2) is 0 Å². The van der Waals surface area contributed by atoms with Gasteiger partial charge in [-0.1, -0.05) is 6.92 Å².